The van der Waals surface area contributed by atoms with Crippen molar-refractivity contribution in [1.29, 1.82) is 0 Å². The number of aryl methyl sites for hydroxylation is 2. The Morgan fingerprint density at radius 1 is 1.48 bits per heavy atom. The molecule has 2 aromatic rings. The molecule has 0 spiro atoms. The van der Waals surface area contributed by atoms with Gasteiger partial charge in [-0.25, -0.2) is 9.97 Å². The van der Waals surface area contributed by atoms with E-state index in [0.717, 1.165) is 40.7 Å². The van der Waals surface area contributed by atoms with Crippen molar-refractivity contribution in [2.45, 2.75) is 39.0 Å². The summed E-state index contributed by atoms with van der Waals surface area (Å²) in [6.07, 6.45) is 3.74. The van der Waals surface area contributed by atoms with Gasteiger partial charge in [0.1, 0.15) is 0 Å². The molecule has 0 bridgehead atoms. The van der Waals surface area contributed by atoms with E-state index in [-0.39, 0.29) is 17.4 Å². The van der Waals surface area contributed by atoms with Crippen molar-refractivity contribution >= 4 is 17.2 Å². The van der Waals surface area contributed by atoms with Gasteiger partial charge in [-0.15, -0.1) is 11.3 Å². The van der Waals surface area contributed by atoms with Crippen LogP contribution in [0.25, 0.3) is 0 Å². The Bertz CT molecular complexity index is 767. The van der Waals surface area contributed by atoms with E-state index < -0.39 is 0 Å². The van der Waals surface area contributed by atoms with E-state index in [1.54, 1.807) is 11.3 Å². The highest BCUT2D eigenvalue weighted by Crippen LogP contribution is 2.26. The molecule has 1 atom stereocenters. The molecule has 1 amide bonds. The Morgan fingerprint density at radius 2 is 2.30 bits per heavy atom. The minimum Gasteiger partial charge on any atom is -0.342 e. The third-order valence-electron chi connectivity index (χ3n) is 4.20. The van der Waals surface area contributed by atoms with Crippen LogP contribution in [0.3, 0.4) is 0 Å². The van der Waals surface area contributed by atoms with Crippen molar-refractivity contribution in [2.75, 3.05) is 13.1 Å². The number of nitrogens with zero attached hydrogens (tertiary/aromatic N) is 3. The molecular formula is C16H20N4O2S. The first-order valence-corrected chi connectivity index (χ1v) is 8.60. The van der Waals surface area contributed by atoms with E-state index in [9.17, 15) is 9.59 Å². The third kappa shape index (κ3) is 3.67. The van der Waals surface area contributed by atoms with Crippen LogP contribution in [0.5, 0.6) is 0 Å². The molecule has 2 aromatic heterocycles. The normalized spacial score (nSPS) is 18.2. The number of hydrogen-bond donors (Lipinski definition) is 1. The van der Waals surface area contributed by atoms with Crippen LogP contribution in [0.1, 0.15) is 40.0 Å². The van der Waals surface area contributed by atoms with Crippen molar-refractivity contribution in [3.8, 4) is 0 Å². The maximum atomic E-state index is 12.6. The Balaban J connectivity index is 1.69. The number of rotatable bonds is 3. The third-order valence-corrected chi connectivity index (χ3v) is 5.28. The van der Waals surface area contributed by atoms with Crippen LogP contribution in [0, 0.1) is 13.8 Å². The monoisotopic (exact) mass is 332 g/mol. The van der Waals surface area contributed by atoms with Gasteiger partial charge in [-0.2, -0.15) is 0 Å². The largest absolute Gasteiger partial charge is 0.342 e. The molecule has 1 N–H and O–H groups in total. The summed E-state index contributed by atoms with van der Waals surface area (Å²) < 4.78 is 0. The van der Waals surface area contributed by atoms with Crippen LogP contribution in [0.15, 0.2) is 17.2 Å². The standard InChI is InChI=1S/C16H20N4O2S/c1-10-14(23-11(2)19-10)7-16(22)20-5-3-4-12(8-20)13-6-15(21)18-9-17-13/h6,9,12H,3-5,7-8H2,1-2H3,(H,17,18,21)/t12-/m0/s1. The zero-order chi connectivity index (χ0) is 16.4. The molecule has 1 aliphatic rings. The summed E-state index contributed by atoms with van der Waals surface area (Å²) in [5, 5.41) is 0.995. The van der Waals surface area contributed by atoms with Crippen molar-refractivity contribution < 1.29 is 4.79 Å². The second-order valence-electron chi connectivity index (χ2n) is 5.93. The van der Waals surface area contributed by atoms with Gasteiger partial charge in [0.2, 0.25) is 5.91 Å². The highest BCUT2D eigenvalue weighted by molar-refractivity contribution is 7.11. The Labute approximate surface area is 138 Å². The summed E-state index contributed by atoms with van der Waals surface area (Å²) in [7, 11) is 0. The Hall–Kier alpha value is -2.02. The number of carbonyl (C=O) groups is 1. The van der Waals surface area contributed by atoms with E-state index >= 15 is 0 Å². The topological polar surface area (TPSA) is 79.0 Å². The fourth-order valence-electron chi connectivity index (χ4n) is 3.04. The van der Waals surface area contributed by atoms with Crippen LogP contribution in [0.4, 0.5) is 0 Å². The van der Waals surface area contributed by atoms with Crippen LogP contribution < -0.4 is 5.56 Å². The number of carbonyl (C=O) groups excluding carboxylic acids is 1. The van der Waals surface area contributed by atoms with Crippen molar-refractivity contribution in [1.82, 2.24) is 19.9 Å². The summed E-state index contributed by atoms with van der Waals surface area (Å²) in [6.45, 7) is 5.31. The lowest BCUT2D eigenvalue weighted by Crippen LogP contribution is -2.40. The SMILES string of the molecule is Cc1nc(C)c(CC(=O)N2CCC[C@H](c3cc(=O)[nH]cn3)C2)s1. The van der Waals surface area contributed by atoms with Crippen molar-refractivity contribution in [3.05, 3.63) is 44.0 Å². The van der Waals surface area contributed by atoms with Crippen LogP contribution in [0.2, 0.25) is 0 Å². The van der Waals surface area contributed by atoms with Gasteiger partial charge in [-0.1, -0.05) is 0 Å². The first-order chi connectivity index (χ1) is 11.0. The molecule has 122 valence electrons. The van der Waals surface area contributed by atoms with Crippen LogP contribution >= 0.6 is 11.3 Å². The van der Waals surface area contributed by atoms with Crippen LogP contribution in [-0.2, 0) is 11.2 Å². The van der Waals surface area contributed by atoms with E-state index in [1.807, 2.05) is 18.7 Å². The number of amides is 1. The fourth-order valence-corrected chi connectivity index (χ4v) is 3.97. The average Bonchev–Trinajstić information content (AvgIpc) is 2.85. The molecule has 0 radical (unpaired) electrons. The molecule has 7 heteroatoms. The van der Waals surface area contributed by atoms with Crippen molar-refractivity contribution in [3.63, 3.8) is 0 Å². The van der Waals surface area contributed by atoms with E-state index in [4.69, 9.17) is 0 Å². The molecule has 0 saturated carbocycles. The van der Waals surface area contributed by atoms with Gasteiger partial charge in [0.05, 0.1) is 29.1 Å². The van der Waals surface area contributed by atoms with E-state index in [1.165, 1.54) is 12.4 Å². The summed E-state index contributed by atoms with van der Waals surface area (Å²) in [5.74, 6) is 0.269. The van der Waals surface area contributed by atoms with Gasteiger partial charge in [0, 0.05) is 30.0 Å². The lowest BCUT2D eigenvalue weighted by atomic mass is 9.94. The molecule has 1 aliphatic heterocycles. The highest BCUT2D eigenvalue weighted by Gasteiger charge is 2.26. The second-order valence-corrected chi connectivity index (χ2v) is 7.22. The van der Waals surface area contributed by atoms with Gasteiger partial charge < -0.3 is 9.88 Å². The number of aromatic amines is 1. The number of thiazole rings is 1. The van der Waals surface area contributed by atoms with Gasteiger partial charge in [0.25, 0.3) is 5.56 Å². The maximum absolute atomic E-state index is 12.6. The Morgan fingerprint density at radius 3 is 3.00 bits per heavy atom. The highest BCUT2D eigenvalue weighted by atomic mass is 32.1. The minimum atomic E-state index is -0.144. The molecule has 3 rings (SSSR count). The first-order valence-electron chi connectivity index (χ1n) is 7.78. The molecule has 1 saturated heterocycles. The Kier molecular flexibility index (Phi) is 4.56. The number of nitrogens with one attached hydrogen (secondary N) is 1. The predicted octanol–water partition coefficient (Wildman–Crippen LogP) is 1.79. The van der Waals surface area contributed by atoms with Crippen LogP contribution in [-0.4, -0.2) is 38.8 Å². The summed E-state index contributed by atoms with van der Waals surface area (Å²) in [5.41, 5.74) is 1.58. The smallest absolute Gasteiger partial charge is 0.250 e. The lowest BCUT2D eigenvalue weighted by Gasteiger charge is -2.32. The molecular weight excluding hydrogens is 312 g/mol. The molecule has 1 fully saturated rings. The molecule has 23 heavy (non-hydrogen) atoms. The number of piperidine rings is 1. The zero-order valence-electron chi connectivity index (χ0n) is 13.3. The second kappa shape index (κ2) is 6.62. The lowest BCUT2D eigenvalue weighted by molar-refractivity contribution is -0.131. The van der Waals surface area contributed by atoms with Gasteiger partial charge >= 0.3 is 0 Å². The number of aromatic nitrogens is 3. The maximum Gasteiger partial charge on any atom is 0.250 e. The van der Waals surface area contributed by atoms with Crippen molar-refractivity contribution in [2.24, 2.45) is 0 Å². The molecule has 0 aromatic carbocycles. The van der Waals surface area contributed by atoms with Gasteiger partial charge in [0.15, 0.2) is 0 Å². The predicted molar refractivity (Wildman–Crippen MR) is 88.7 cm³/mol. The average molecular weight is 332 g/mol. The number of H-pyrrole nitrogens is 1. The van der Waals surface area contributed by atoms with E-state index in [2.05, 4.69) is 15.0 Å². The van der Waals surface area contributed by atoms with Gasteiger partial charge in [-0.05, 0) is 26.7 Å². The number of hydrogen-bond acceptors (Lipinski definition) is 5. The molecule has 6 nitrogen and oxygen atoms in total. The quantitative estimate of drug-likeness (QED) is 0.929. The van der Waals surface area contributed by atoms with Gasteiger partial charge in [-0.3, -0.25) is 9.59 Å². The molecule has 3 heterocycles. The summed E-state index contributed by atoms with van der Waals surface area (Å²) >= 11 is 1.59. The molecule has 0 aliphatic carbocycles. The molecule has 0 unspecified atom stereocenters. The fraction of sp³-hybridized carbons (Fsp3) is 0.500. The first kappa shape index (κ1) is 15.9. The van der Waals surface area contributed by atoms with E-state index in [0.29, 0.717) is 13.0 Å². The summed E-state index contributed by atoms with van der Waals surface area (Å²) in [6, 6.07) is 1.54. The summed E-state index contributed by atoms with van der Waals surface area (Å²) in [4.78, 5) is 38.1. The minimum absolute atomic E-state index is 0.131. The number of likely N-dealkylation sites (tertiary alicyclic amines) is 1. The zero-order valence-corrected chi connectivity index (χ0v) is 14.2.